The average Bonchev–Trinajstić information content (AvgIpc) is 2.78. The molecule has 0 unspecified atom stereocenters. The molecule has 0 amide bonds. The van der Waals surface area contributed by atoms with Gasteiger partial charge in [-0.1, -0.05) is 0 Å². The van der Waals surface area contributed by atoms with Crippen LogP contribution in [0.25, 0.3) is 0 Å². The molecule has 0 spiro atoms. The maximum absolute atomic E-state index is 13.8. The van der Waals surface area contributed by atoms with E-state index < -0.39 is 30.8 Å². The molecule has 0 atom stereocenters. The van der Waals surface area contributed by atoms with Crippen molar-refractivity contribution in [2.45, 2.75) is 16.0 Å². The van der Waals surface area contributed by atoms with Crippen LogP contribution in [-0.4, -0.2) is 16.8 Å². The second kappa shape index (κ2) is 5.37. The van der Waals surface area contributed by atoms with E-state index in [1.807, 2.05) is 0 Å². The van der Waals surface area contributed by atoms with Crippen molar-refractivity contribution in [3.63, 3.8) is 0 Å². The van der Waals surface area contributed by atoms with E-state index in [2.05, 4.69) is 4.72 Å². The molecule has 0 saturated heterocycles. The smallest absolute Gasteiger partial charge is 0.271 e. The Morgan fingerprint density at radius 1 is 1.14 bits per heavy atom. The Hall–Kier alpha value is -1.49. The third-order valence-corrected chi connectivity index (χ3v) is 6.26. The summed E-state index contributed by atoms with van der Waals surface area (Å²) in [6.07, 6.45) is 0. The lowest BCUT2D eigenvalue weighted by atomic mass is 10.3. The number of benzene rings is 1. The zero-order chi connectivity index (χ0) is 15.8. The van der Waals surface area contributed by atoms with Crippen LogP contribution in [0.3, 0.4) is 0 Å². The number of nitrogens with two attached hydrogens (primary N) is 1. The van der Waals surface area contributed by atoms with Crippen molar-refractivity contribution in [3.05, 3.63) is 41.0 Å². The van der Waals surface area contributed by atoms with Gasteiger partial charge in [-0.05, 0) is 37.3 Å². The molecule has 0 aliphatic heterocycles. The number of halogens is 1. The zero-order valence-electron chi connectivity index (χ0n) is 10.7. The highest BCUT2D eigenvalue weighted by Crippen LogP contribution is 2.25. The maximum Gasteiger partial charge on any atom is 0.271 e. The fourth-order valence-electron chi connectivity index (χ4n) is 1.51. The molecule has 6 nitrogen and oxygen atoms in total. The number of nitrogens with one attached hydrogen (secondary N) is 1. The molecule has 1 aromatic heterocycles. The summed E-state index contributed by atoms with van der Waals surface area (Å²) in [4.78, 5) is 0.357. The Kier molecular flexibility index (Phi) is 4.06. The Morgan fingerprint density at radius 2 is 1.81 bits per heavy atom. The predicted molar refractivity (Wildman–Crippen MR) is 77.6 cm³/mol. The van der Waals surface area contributed by atoms with Gasteiger partial charge in [-0.3, -0.25) is 4.72 Å². The van der Waals surface area contributed by atoms with Crippen LogP contribution < -0.4 is 9.86 Å². The fraction of sp³-hybridized carbons (Fsp3) is 0.0909. The summed E-state index contributed by atoms with van der Waals surface area (Å²) in [5.41, 5.74) is -0.353. The second-order valence-electron chi connectivity index (χ2n) is 4.16. The SMILES string of the molecule is Cc1ccc(S(=O)(=O)Nc2ccc(S(N)(=O)=O)cc2F)s1. The first kappa shape index (κ1) is 15.9. The topological polar surface area (TPSA) is 106 Å². The van der Waals surface area contributed by atoms with Crippen molar-refractivity contribution < 1.29 is 21.2 Å². The van der Waals surface area contributed by atoms with Crippen LogP contribution >= 0.6 is 11.3 Å². The average molecular weight is 350 g/mol. The molecular formula is C11H11FN2O4S3. The minimum Gasteiger partial charge on any atom is -0.276 e. The third-order valence-electron chi connectivity index (χ3n) is 2.49. The van der Waals surface area contributed by atoms with Crippen molar-refractivity contribution in [2.75, 3.05) is 4.72 Å². The predicted octanol–water partition coefficient (Wildman–Crippen LogP) is 1.64. The van der Waals surface area contributed by atoms with Gasteiger partial charge in [0.05, 0.1) is 10.6 Å². The van der Waals surface area contributed by atoms with E-state index in [9.17, 15) is 21.2 Å². The summed E-state index contributed by atoms with van der Waals surface area (Å²) >= 11 is 1.04. The molecule has 10 heteroatoms. The number of hydrogen-bond acceptors (Lipinski definition) is 5. The summed E-state index contributed by atoms with van der Waals surface area (Å²) in [6.45, 7) is 1.74. The van der Waals surface area contributed by atoms with Crippen LogP contribution in [0.2, 0.25) is 0 Å². The number of rotatable bonds is 4. The van der Waals surface area contributed by atoms with Crippen LogP contribution in [0.15, 0.2) is 39.4 Å². The number of aryl methyl sites for hydroxylation is 1. The van der Waals surface area contributed by atoms with E-state index in [1.54, 1.807) is 13.0 Å². The molecule has 2 rings (SSSR count). The second-order valence-corrected chi connectivity index (χ2v) is 8.92. The number of primary sulfonamides is 1. The van der Waals surface area contributed by atoms with Gasteiger partial charge in [-0.15, -0.1) is 11.3 Å². The van der Waals surface area contributed by atoms with Gasteiger partial charge in [0.2, 0.25) is 10.0 Å². The number of thiophene rings is 1. The lowest BCUT2D eigenvalue weighted by Gasteiger charge is -2.08. The maximum atomic E-state index is 13.8. The summed E-state index contributed by atoms with van der Waals surface area (Å²) in [5, 5.41) is 4.87. The zero-order valence-corrected chi connectivity index (χ0v) is 13.1. The molecule has 0 radical (unpaired) electrons. The minimum atomic E-state index is -4.05. The molecule has 114 valence electrons. The molecular weight excluding hydrogens is 339 g/mol. The van der Waals surface area contributed by atoms with E-state index in [0.29, 0.717) is 6.07 Å². The van der Waals surface area contributed by atoms with E-state index in [-0.39, 0.29) is 9.90 Å². The summed E-state index contributed by atoms with van der Waals surface area (Å²) < 4.78 is 62.1. The van der Waals surface area contributed by atoms with Gasteiger partial charge in [0.25, 0.3) is 10.0 Å². The fourth-order valence-corrected chi connectivity index (χ4v) is 4.38. The Morgan fingerprint density at radius 3 is 2.29 bits per heavy atom. The van der Waals surface area contributed by atoms with Gasteiger partial charge >= 0.3 is 0 Å². The molecule has 0 fully saturated rings. The van der Waals surface area contributed by atoms with Crippen LogP contribution in [0, 0.1) is 12.7 Å². The van der Waals surface area contributed by atoms with E-state index in [0.717, 1.165) is 28.3 Å². The van der Waals surface area contributed by atoms with Gasteiger partial charge in [0.1, 0.15) is 10.0 Å². The molecule has 1 aromatic carbocycles. The molecule has 0 aliphatic carbocycles. The first-order chi connectivity index (χ1) is 9.59. The molecule has 0 saturated carbocycles. The molecule has 0 aliphatic rings. The van der Waals surface area contributed by atoms with Crippen molar-refractivity contribution >= 4 is 37.1 Å². The van der Waals surface area contributed by atoms with E-state index >= 15 is 0 Å². The quantitative estimate of drug-likeness (QED) is 0.874. The van der Waals surface area contributed by atoms with E-state index in [4.69, 9.17) is 5.14 Å². The summed E-state index contributed by atoms with van der Waals surface area (Å²) in [5.74, 6) is -1.03. The van der Waals surface area contributed by atoms with Gasteiger partial charge in [-0.2, -0.15) is 0 Å². The van der Waals surface area contributed by atoms with Crippen LogP contribution in [0.1, 0.15) is 4.88 Å². The van der Waals surface area contributed by atoms with Crippen LogP contribution in [0.5, 0.6) is 0 Å². The molecule has 1 heterocycles. The first-order valence-corrected chi connectivity index (χ1v) is 9.36. The largest absolute Gasteiger partial charge is 0.276 e. The van der Waals surface area contributed by atoms with Gasteiger partial charge in [0, 0.05) is 4.88 Å². The summed E-state index contributed by atoms with van der Waals surface area (Å²) in [6, 6.07) is 5.72. The van der Waals surface area contributed by atoms with Gasteiger partial charge in [-0.25, -0.2) is 26.4 Å². The molecule has 3 N–H and O–H groups in total. The number of sulfonamides is 2. The molecule has 2 aromatic rings. The van der Waals surface area contributed by atoms with Gasteiger partial charge < -0.3 is 0 Å². The van der Waals surface area contributed by atoms with Gasteiger partial charge in [0.15, 0.2) is 0 Å². The highest BCUT2D eigenvalue weighted by molar-refractivity contribution is 7.94. The standard InChI is InChI=1S/C11H11FN2O4S3/c1-7-2-5-11(19-7)21(17,18)14-10-4-3-8(6-9(10)12)20(13,15)16/h2-6,14H,1H3,(H2,13,15,16). The third kappa shape index (κ3) is 3.59. The Bertz CT molecular complexity index is 888. The molecule has 0 bridgehead atoms. The lowest BCUT2D eigenvalue weighted by Crippen LogP contribution is -2.15. The van der Waals surface area contributed by atoms with Crippen molar-refractivity contribution in [1.82, 2.24) is 0 Å². The van der Waals surface area contributed by atoms with Crippen LogP contribution in [-0.2, 0) is 20.0 Å². The van der Waals surface area contributed by atoms with E-state index in [1.165, 1.54) is 6.07 Å². The lowest BCUT2D eigenvalue weighted by molar-refractivity contribution is 0.592. The van der Waals surface area contributed by atoms with Crippen LogP contribution in [0.4, 0.5) is 10.1 Å². The molecule has 21 heavy (non-hydrogen) atoms. The van der Waals surface area contributed by atoms with Crippen molar-refractivity contribution in [2.24, 2.45) is 5.14 Å². The number of hydrogen-bond donors (Lipinski definition) is 2. The summed E-state index contributed by atoms with van der Waals surface area (Å²) in [7, 11) is -7.97. The first-order valence-electron chi connectivity index (χ1n) is 5.51. The Labute approximate surface area is 125 Å². The van der Waals surface area contributed by atoms with Crippen molar-refractivity contribution in [1.29, 1.82) is 0 Å². The Balaban J connectivity index is 2.36. The normalized spacial score (nSPS) is 12.3. The van der Waals surface area contributed by atoms with Crippen molar-refractivity contribution in [3.8, 4) is 0 Å². The monoisotopic (exact) mass is 350 g/mol. The number of anilines is 1. The minimum absolute atomic E-state index is 0.0370. The highest BCUT2D eigenvalue weighted by Gasteiger charge is 2.19. The highest BCUT2D eigenvalue weighted by atomic mass is 32.2.